The smallest absolute Gasteiger partial charge is 0.338 e. The first-order chi connectivity index (χ1) is 16.9. The standard InChI is InChI=1S/C26H25N3O5S/c1-5-32-25(31)22-15(2)27-26-29(23(22)17-7-9-18(10-8-17)28(3)4)24(30)21(35-26)13-16-6-11-19-20(12-16)34-14-33-19/h6-13,23H,5,14H2,1-4H3/t23-/m1/s1. The number of hydrogen-bond donors (Lipinski definition) is 0. The van der Waals surface area contributed by atoms with E-state index >= 15 is 0 Å². The lowest BCUT2D eigenvalue weighted by Crippen LogP contribution is -2.39. The van der Waals surface area contributed by atoms with Crippen LogP contribution in [0.4, 0.5) is 5.69 Å². The molecule has 0 saturated heterocycles. The average Bonchev–Trinajstić information content (AvgIpc) is 3.42. The van der Waals surface area contributed by atoms with Crippen molar-refractivity contribution < 1.29 is 19.0 Å². The third-order valence-electron chi connectivity index (χ3n) is 5.94. The van der Waals surface area contributed by atoms with Crippen molar-refractivity contribution in [1.82, 2.24) is 4.57 Å². The Balaban J connectivity index is 1.67. The van der Waals surface area contributed by atoms with Crippen LogP contribution in [0.15, 0.2) is 63.5 Å². The lowest BCUT2D eigenvalue weighted by atomic mass is 9.95. The summed E-state index contributed by atoms with van der Waals surface area (Å²) in [5, 5.41) is 0. The van der Waals surface area contributed by atoms with Gasteiger partial charge < -0.3 is 19.1 Å². The maximum atomic E-state index is 13.7. The SMILES string of the molecule is CCOC(=O)C1=C(C)N=c2sc(=Cc3ccc4c(c3)OCO4)c(=O)n2[C@@H]1c1ccc(N(C)C)cc1. The highest BCUT2D eigenvalue weighted by Crippen LogP contribution is 2.33. The van der Waals surface area contributed by atoms with Gasteiger partial charge in [0.15, 0.2) is 16.3 Å². The maximum Gasteiger partial charge on any atom is 0.338 e. The fourth-order valence-electron chi connectivity index (χ4n) is 4.22. The van der Waals surface area contributed by atoms with Crippen LogP contribution < -0.4 is 29.3 Å². The summed E-state index contributed by atoms with van der Waals surface area (Å²) < 4.78 is 18.3. The normalized spacial score (nSPS) is 16.7. The molecule has 8 nitrogen and oxygen atoms in total. The van der Waals surface area contributed by atoms with E-state index in [9.17, 15) is 9.59 Å². The molecule has 3 heterocycles. The Morgan fingerprint density at radius 2 is 1.94 bits per heavy atom. The molecule has 0 aliphatic carbocycles. The number of fused-ring (bicyclic) bond motifs is 2. The zero-order valence-electron chi connectivity index (χ0n) is 19.9. The second-order valence-corrected chi connectivity index (χ2v) is 9.41. The van der Waals surface area contributed by atoms with Crippen molar-refractivity contribution in [3.05, 3.63) is 84.5 Å². The highest BCUT2D eigenvalue weighted by molar-refractivity contribution is 7.07. The van der Waals surface area contributed by atoms with Crippen LogP contribution in [-0.2, 0) is 9.53 Å². The molecular formula is C26H25N3O5S. The Hall–Kier alpha value is -3.85. The first-order valence-corrected chi connectivity index (χ1v) is 12.1. The molecule has 180 valence electrons. The number of thiazole rings is 1. The molecule has 2 aliphatic rings. The number of ether oxygens (including phenoxy) is 3. The van der Waals surface area contributed by atoms with E-state index in [1.807, 2.05) is 61.5 Å². The van der Waals surface area contributed by atoms with Crippen molar-refractivity contribution in [1.29, 1.82) is 0 Å². The van der Waals surface area contributed by atoms with Gasteiger partial charge in [-0.3, -0.25) is 9.36 Å². The van der Waals surface area contributed by atoms with Gasteiger partial charge in [0.25, 0.3) is 5.56 Å². The first kappa shape index (κ1) is 22.9. The summed E-state index contributed by atoms with van der Waals surface area (Å²) in [6.45, 7) is 3.96. The fourth-order valence-corrected chi connectivity index (χ4v) is 5.26. The van der Waals surface area contributed by atoms with E-state index < -0.39 is 12.0 Å². The number of hydrogen-bond acceptors (Lipinski definition) is 8. The zero-order valence-corrected chi connectivity index (χ0v) is 20.7. The van der Waals surface area contributed by atoms with Gasteiger partial charge in [-0.25, -0.2) is 9.79 Å². The molecule has 1 aromatic heterocycles. The van der Waals surface area contributed by atoms with Crippen LogP contribution in [0.5, 0.6) is 11.5 Å². The Bertz CT molecular complexity index is 1520. The van der Waals surface area contributed by atoms with Crippen LogP contribution in [-0.4, -0.2) is 38.0 Å². The largest absolute Gasteiger partial charge is 0.463 e. The third-order valence-corrected chi connectivity index (χ3v) is 6.92. The molecule has 0 spiro atoms. The number of aromatic nitrogens is 1. The van der Waals surface area contributed by atoms with Crippen LogP contribution in [0.1, 0.15) is 31.0 Å². The molecule has 0 amide bonds. The van der Waals surface area contributed by atoms with Gasteiger partial charge in [0.1, 0.15) is 0 Å². The molecule has 2 aliphatic heterocycles. The molecule has 0 unspecified atom stereocenters. The zero-order chi connectivity index (χ0) is 24.7. The topological polar surface area (TPSA) is 82.4 Å². The summed E-state index contributed by atoms with van der Waals surface area (Å²) in [7, 11) is 3.92. The number of nitrogens with zero attached hydrogens (tertiary/aromatic N) is 3. The molecule has 0 N–H and O–H groups in total. The van der Waals surface area contributed by atoms with Crippen molar-refractivity contribution in [2.75, 3.05) is 32.4 Å². The number of esters is 1. The minimum Gasteiger partial charge on any atom is -0.463 e. The van der Waals surface area contributed by atoms with Crippen molar-refractivity contribution in [3.63, 3.8) is 0 Å². The molecule has 3 aromatic rings. The molecule has 0 saturated carbocycles. The van der Waals surface area contributed by atoms with Crippen molar-refractivity contribution in [2.24, 2.45) is 4.99 Å². The Morgan fingerprint density at radius 1 is 1.20 bits per heavy atom. The highest BCUT2D eigenvalue weighted by atomic mass is 32.1. The summed E-state index contributed by atoms with van der Waals surface area (Å²) in [6.07, 6.45) is 1.81. The van der Waals surface area contributed by atoms with E-state index in [0.29, 0.717) is 32.1 Å². The lowest BCUT2D eigenvalue weighted by Gasteiger charge is -2.25. The Labute approximate surface area is 206 Å². The molecule has 0 bridgehead atoms. The number of anilines is 1. The predicted molar refractivity (Wildman–Crippen MR) is 134 cm³/mol. The molecular weight excluding hydrogens is 466 g/mol. The molecule has 0 fully saturated rings. The molecule has 1 atom stereocenters. The van der Waals surface area contributed by atoms with E-state index in [0.717, 1.165) is 16.8 Å². The Kier molecular flexibility index (Phi) is 5.94. The van der Waals surface area contributed by atoms with Gasteiger partial charge in [0.2, 0.25) is 6.79 Å². The minimum absolute atomic E-state index is 0.184. The number of rotatable bonds is 5. The second kappa shape index (κ2) is 9.07. The molecule has 35 heavy (non-hydrogen) atoms. The van der Waals surface area contributed by atoms with Crippen LogP contribution in [0.25, 0.3) is 6.08 Å². The summed E-state index contributed by atoms with van der Waals surface area (Å²) in [6, 6.07) is 12.7. The van der Waals surface area contributed by atoms with Gasteiger partial charge >= 0.3 is 5.97 Å². The maximum absolute atomic E-state index is 13.7. The Morgan fingerprint density at radius 3 is 2.66 bits per heavy atom. The molecule has 5 rings (SSSR count). The van der Waals surface area contributed by atoms with E-state index in [4.69, 9.17) is 14.2 Å². The fraction of sp³-hybridized carbons (Fsp3) is 0.269. The molecule has 9 heteroatoms. The van der Waals surface area contributed by atoms with Crippen LogP contribution in [0.2, 0.25) is 0 Å². The monoisotopic (exact) mass is 491 g/mol. The first-order valence-electron chi connectivity index (χ1n) is 11.2. The highest BCUT2D eigenvalue weighted by Gasteiger charge is 2.33. The third kappa shape index (κ3) is 4.12. The number of allylic oxidation sites excluding steroid dienone is 1. The van der Waals surface area contributed by atoms with E-state index in [1.54, 1.807) is 24.5 Å². The molecule has 0 radical (unpaired) electrons. The average molecular weight is 492 g/mol. The number of carbonyl (C=O) groups excluding carboxylic acids is 1. The minimum atomic E-state index is -0.639. The number of carbonyl (C=O) groups is 1. The summed E-state index contributed by atoms with van der Waals surface area (Å²) >= 11 is 1.29. The van der Waals surface area contributed by atoms with Crippen molar-refractivity contribution >= 4 is 29.1 Å². The number of benzene rings is 2. The van der Waals surface area contributed by atoms with E-state index in [1.165, 1.54) is 11.3 Å². The lowest BCUT2D eigenvalue weighted by molar-refractivity contribution is -0.139. The van der Waals surface area contributed by atoms with E-state index in [2.05, 4.69) is 4.99 Å². The van der Waals surface area contributed by atoms with Crippen LogP contribution >= 0.6 is 11.3 Å². The van der Waals surface area contributed by atoms with Gasteiger partial charge in [0.05, 0.1) is 28.5 Å². The van der Waals surface area contributed by atoms with Gasteiger partial charge in [-0.15, -0.1) is 0 Å². The van der Waals surface area contributed by atoms with Crippen LogP contribution in [0, 0.1) is 0 Å². The summed E-state index contributed by atoms with van der Waals surface area (Å²) in [5.74, 6) is 0.853. The summed E-state index contributed by atoms with van der Waals surface area (Å²) in [4.78, 5) is 33.8. The summed E-state index contributed by atoms with van der Waals surface area (Å²) in [5.41, 5.74) is 3.33. The molecule has 2 aromatic carbocycles. The van der Waals surface area contributed by atoms with Gasteiger partial charge in [-0.05, 0) is 55.3 Å². The quantitative estimate of drug-likeness (QED) is 0.511. The second-order valence-electron chi connectivity index (χ2n) is 8.40. The van der Waals surface area contributed by atoms with Gasteiger partial charge in [0, 0.05) is 19.8 Å². The van der Waals surface area contributed by atoms with Crippen molar-refractivity contribution in [2.45, 2.75) is 19.9 Å². The van der Waals surface area contributed by atoms with E-state index in [-0.39, 0.29) is 19.0 Å². The van der Waals surface area contributed by atoms with Gasteiger partial charge in [-0.1, -0.05) is 29.5 Å². The predicted octanol–water partition coefficient (Wildman–Crippen LogP) is 2.59. The van der Waals surface area contributed by atoms with Crippen molar-refractivity contribution in [3.8, 4) is 11.5 Å². The van der Waals surface area contributed by atoms with Gasteiger partial charge in [-0.2, -0.15) is 0 Å². The van der Waals surface area contributed by atoms with Crippen LogP contribution in [0.3, 0.4) is 0 Å².